The van der Waals surface area contributed by atoms with Crippen LogP contribution in [0.1, 0.15) is 18.9 Å². The molecule has 1 heterocycles. The Morgan fingerprint density at radius 2 is 2.05 bits per heavy atom. The van der Waals surface area contributed by atoms with Gasteiger partial charge in [-0.1, -0.05) is 52.5 Å². The first kappa shape index (κ1) is 14.6. The number of hydrogen-bond donors (Lipinski definition) is 0. The predicted molar refractivity (Wildman–Crippen MR) is 80.3 cm³/mol. The minimum atomic E-state index is 0.417. The van der Waals surface area contributed by atoms with Gasteiger partial charge in [0.15, 0.2) is 0 Å². The third-order valence-electron chi connectivity index (χ3n) is 2.45. The number of rotatable bonds is 4. The molecule has 0 aliphatic rings. The van der Waals surface area contributed by atoms with Crippen molar-refractivity contribution in [3.8, 4) is 11.6 Å². The first-order valence-corrected chi connectivity index (χ1v) is 7.29. The molecule has 0 radical (unpaired) electrons. The van der Waals surface area contributed by atoms with Crippen LogP contribution in [0.5, 0.6) is 11.6 Å². The van der Waals surface area contributed by atoms with Gasteiger partial charge in [-0.25, -0.2) is 9.97 Å². The quantitative estimate of drug-likeness (QED) is 0.694. The molecule has 0 N–H and O–H groups in total. The van der Waals surface area contributed by atoms with E-state index in [0.717, 1.165) is 22.9 Å². The molecule has 0 saturated carbocycles. The zero-order valence-corrected chi connectivity index (χ0v) is 13.3. The Morgan fingerprint density at radius 1 is 1.26 bits per heavy atom. The average Bonchev–Trinajstić information content (AvgIpc) is 2.37. The number of hydrogen-bond acceptors (Lipinski definition) is 3. The highest BCUT2D eigenvalue weighted by atomic mass is 79.9. The molecule has 1 aromatic carbocycles. The summed E-state index contributed by atoms with van der Waals surface area (Å²) in [4.78, 5) is 8.10. The summed E-state index contributed by atoms with van der Waals surface area (Å²) in [6.45, 7) is 2.06. The van der Waals surface area contributed by atoms with E-state index in [4.69, 9.17) is 27.9 Å². The van der Waals surface area contributed by atoms with Crippen LogP contribution in [0.25, 0.3) is 0 Å². The second kappa shape index (κ2) is 6.55. The summed E-state index contributed by atoms with van der Waals surface area (Å²) in [6.07, 6.45) is 3.06. The molecule has 0 aliphatic heterocycles. The van der Waals surface area contributed by atoms with E-state index in [1.165, 1.54) is 6.33 Å². The van der Waals surface area contributed by atoms with Gasteiger partial charge < -0.3 is 4.74 Å². The van der Waals surface area contributed by atoms with Crippen molar-refractivity contribution < 1.29 is 4.74 Å². The highest BCUT2D eigenvalue weighted by molar-refractivity contribution is 9.10. The number of benzene rings is 1. The van der Waals surface area contributed by atoms with Crippen LogP contribution in [-0.2, 0) is 6.42 Å². The Bertz CT molecular complexity index is 593. The molecule has 2 aromatic rings. The molecular weight excluding hydrogens is 351 g/mol. The van der Waals surface area contributed by atoms with E-state index in [0.29, 0.717) is 21.8 Å². The van der Waals surface area contributed by atoms with Crippen LogP contribution in [-0.4, -0.2) is 9.97 Å². The number of halogens is 3. The summed E-state index contributed by atoms with van der Waals surface area (Å²) in [5.74, 6) is 0.989. The largest absolute Gasteiger partial charge is 0.437 e. The molecule has 0 spiro atoms. The van der Waals surface area contributed by atoms with E-state index in [1.807, 2.05) is 6.07 Å². The maximum Gasteiger partial charge on any atom is 0.227 e. The number of aromatic nitrogens is 2. The highest BCUT2D eigenvalue weighted by Crippen LogP contribution is 2.33. The van der Waals surface area contributed by atoms with E-state index in [9.17, 15) is 0 Å². The van der Waals surface area contributed by atoms with Gasteiger partial charge in [-0.15, -0.1) is 0 Å². The standard InChI is InChI=1S/C13H11BrCl2N2O/c1-2-3-9-12(16)17-7-18-13(9)19-11-5-4-8(14)6-10(11)15/h4-7H,2-3H2,1H3. The molecule has 0 atom stereocenters. The lowest BCUT2D eigenvalue weighted by Crippen LogP contribution is -1.98. The van der Waals surface area contributed by atoms with Gasteiger partial charge >= 0.3 is 0 Å². The summed E-state index contributed by atoms with van der Waals surface area (Å²) < 4.78 is 6.63. The van der Waals surface area contributed by atoms with Crippen molar-refractivity contribution in [2.75, 3.05) is 0 Å². The summed E-state index contributed by atoms with van der Waals surface area (Å²) in [5.41, 5.74) is 0.797. The fourth-order valence-corrected chi connectivity index (χ4v) is 2.52. The van der Waals surface area contributed by atoms with Gasteiger partial charge in [-0.3, -0.25) is 0 Å². The molecule has 6 heteroatoms. The SMILES string of the molecule is CCCc1c(Cl)ncnc1Oc1ccc(Br)cc1Cl. The smallest absolute Gasteiger partial charge is 0.227 e. The number of nitrogens with zero attached hydrogens (tertiary/aromatic N) is 2. The molecule has 3 nitrogen and oxygen atoms in total. The molecule has 0 fully saturated rings. The van der Waals surface area contributed by atoms with Crippen LogP contribution in [0, 0.1) is 0 Å². The third-order valence-corrected chi connectivity index (χ3v) is 3.57. The first-order chi connectivity index (χ1) is 9.11. The Kier molecular flexibility index (Phi) is 5.02. The first-order valence-electron chi connectivity index (χ1n) is 5.74. The highest BCUT2D eigenvalue weighted by Gasteiger charge is 2.13. The molecule has 1 aromatic heterocycles. The maximum atomic E-state index is 6.12. The fraction of sp³-hybridized carbons (Fsp3) is 0.231. The Balaban J connectivity index is 2.35. The Hall–Kier alpha value is -0.840. The van der Waals surface area contributed by atoms with E-state index >= 15 is 0 Å². The zero-order valence-electron chi connectivity index (χ0n) is 10.2. The van der Waals surface area contributed by atoms with Crippen molar-refractivity contribution in [1.29, 1.82) is 0 Å². The van der Waals surface area contributed by atoms with E-state index in [-0.39, 0.29) is 0 Å². The lowest BCUT2D eigenvalue weighted by Gasteiger charge is -2.11. The van der Waals surface area contributed by atoms with Gasteiger partial charge in [0.2, 0.25) is 5.88 Å². The lowest BCUT2D eigenvalue weighted by atomic mass is 10.2. The van der Waals surface area contributed by atoms with Crippen LogP contribution in [0.4, 0.5) is 0 Å². The van der Waals surface area contributed by atoms with Crippen molar-refractivity contribution in [2.45, 2.75) is 19.8 Å². The zero-order chi connectivity index (χ0) is 13.8. The van der Waals surface area contributed by atoms with Gasteiger partial charge in [-0.2, -0.15) is 0 Å². The third kappa shape index (κ3) is 3.59. The minimum absolute atomic E-state index is 0.417. The van der Waals surface area contributed by atoms with Crippen molar-refractivity contribution >= 4 is 39.1 Å². The summed E-state index contributed by atoms with van der Waals surface area (Å²) >= 11 is 15.5. The summed E-state index contributed by atoms with van der Waals surface area (Å²) in [7, 11) is 0. The van der Waals surface area contributed by atoms with Crippen LogP contribution in [0.3, 0.4) is 0 Å². The molecule has 19 heavy (non-hydrogen) atoms. The van der Waals surface area contributed by atoms with Crippen LogP contribution in [0.2, 0.25) is 10.2 Å². The Labute approximate surface area is 130 Å². The minimum Gasteiger partial charge on any atom is -0.437 e. The maximum absolute atomic E-state index is 6.12. The normalized spacial score (nSPS) is 10.5. The van der Waals surface area contributed by atoms with Crippen LogP contribution < -0.4 is 4.74 Å². The molecule has 0 unspecified atom stereocenters. The second-order valence-electron chi connectivity index (χ2n) is 3.87. The predicted octanol–water partition coefficient (Wildman–Crippen LogP) is 5.29. The van der Waals surface area contributed by atoms with Crippen molar-refractivity contribution in [3.63, 3.8) is 0 Å². The van der Waals surface area contributed by atoms with Gasteiger partial charge in [0.05, 0.1) is 10.6 Å². The summed E-state index contributed by atoms with van der Waals surface area (Å²) in [6, 6.07) is 5.39. The van der Waals surface area contributed by atoms with Crippen LogP contribution >= 0.6 is 39.1 Å². The molecule has 0 bridgehead atoms. The molecule has 100 valence electrons. The molecule has 0 aliphatic carbocycles. The summed E-state index contributed by atoms with van der Waals surface area (Å²) in [5, 5.41) is 0.923. The van der Waals surface area contributed by atoms with Crippen molar-refractivity contribution in [3.05, 3.63) is 44.7 Å². The Morgan fingerprint density at radius 3 is 2.74 bits per heavy atom. The second-order valence-corrected chi connectivity index (χ2v) is 5.56. The van der Waals surface area contributed by atoms with Crippen LogP contribution in [0.15, 0.2) is 29.0 Å². The average molecular weight is 362 g/mol. The van der Waals surface area contributed by atoms with Crippen molar-refractivity contribution in [2.24, 2.45) is 0 Å². The molecule has 0 amide bonds. The fourth-order valence-electron chi connectivity index (χ4n) is 1.59. The van der Waals surface area contributed by atoms with Gasteiger partial charge in [0.25, 0.3) is 0 Å². The van der Waals surface area contributed by atoms with Gasteiger partial charge in [-0.05, 0) is 24.6 Å². The van der Waals surface area contributed by atoms with Gasteiger partial charge in [0.1, 0.15) is 17.2 Å². The van der Waals surface area contributed by atoms with E-state index in [1.54, 1.807) is 12.1 Å². The monoisotopic (exact) mass is 360 g/mol. The molecule has 2 rings (SSSR count). The topological polar surface area (TPSA) is 35.0 Å². The lowest BCUT2D eigenvalue weighted by molar-refractivity contribution is 0.454. The van der Waals surface area contributed by atoms with E-state index < -0.39 is 0 Å². The van der Waals surface area contributed by atoms with E-state index in [2.05, 4.69) is 32.8 Å². The molecule has 0 saturated heterocycles. The van der Waals surface area contributed by atoms with Crippen molar-refractivity contribution in [1.82, 2.24) is 9.97 Å². The molecular formula is C13H11BrCl2N2O. The number of ether oxygens (including phenoxy) is 1. The van der Waals surface area contributed by atoms with Gasteiger partial charge in [0, 0.05) is 4.47 Å².